The smallest absolute Gasteiger partial charge is 0.323 e. The molecule has 0 aromatic heterocycles. The molecule has 0 aromatic carbocycles. The molecule has 0 unspecified atom stereocenters. The monoisotopic (exact) mass is 224 g/mol. The number of halogens is 1. The largest absolute Gasteiger partial charge is 0.459 e. The molecule has 0 bridgehead atoms. The Morgan fingerprint density at radius 3 is 2.29 bits per heavy atom. The van der Waals surface area contributed by atoms with Gasteiger partial charge in [0.2, 0.25) is 0 Å². The predicted octanol–water partition coefficient (Wildman–Crippen LogP) is 0.816. The van der Waals surface area contributed by atoms with Crippen LogP contribution in [-0.4, -0.2) is 24.2 Å². The zero-order valence-electron chi connectivity index (χ0n) is 9.08. The Hall–Kier alpha value is -0.320. The van der Waals surface area contributed by atoms with Gasteiger partial charge in [0.05, 0.1) is 0 Å². The molecule has 0 aliphatic rings. The fourth-order valence-corrected chi connectivity index (χ4v) is 0.833. The highest BCUT2D eigenvalue weighted by molar-refractivity contribution is 5.85. The maximum atomic E-state index is 11.3. The van der Waals surface area contributed by atoms with Crippen molar-refractivity contribution < 1.29 is 9.53 Å². The van der Waals surface area contributed by atoms with Crippen molar-refractivity contribution in [2.24, 2.45) is 11.5 Å². The van der Waals surface area contributed by atoms with E-state index >= 15 is 0 Å². The van der Waals surface area contributed by atoms with Gasteiger partial charge in [-0.25, -0.2) is 0 Å². The van der Waals surface area contributed by atoms with E-state index in [-0.39, 0.29) is 18.4 Å². The lowest BCUT2D eigenvalue weighted by atomic mass is 10.1. The summed E-state index contributed by atoms with van der Waals surface area (Å²) >= 11 is 0. The lowest BCUT2D eigenvalue weighted by Gasteiger charge is -2.21. The standard InChI is InChI=1S/C9H20N2O2.ClH/c1-9(2,3)13-8(12)7(11)5-4-6-10;/h7H,4-6,10-11H2,1-3H3;1H/t7-;/m0./s1. The Morgan fingerprint density at radius 1 is 1.43 bits per heavy atom. The fraction of sp³-hybridized carbons (Fsp3) is 0.889. The quantitative estimate of drug-likeness (QED) is 0.693. The Balaban J connectivity index is 0. The molecule has 14 heavy (non-hydrogen) atoms. The van der Waals surface area contributed by atoms with Gasteiger partial charge < -0.3 is 16.2 Å². The van der Waals surface area contributed by atoms with E-state index < -0.39 is 11.6 Å². The summed E-state index contributed by atoms with van der Waals surface area (Å²) in [7, 11) is 0. The Bertz CT molecular complexity index is 169. The predicted molar refractivity (Wildman–Crippen MR) is 59.4 cm³/mol. The number of hydrogen-bond acceptors (Lipinski definition) is 4. The molecule has 0 amide bonds. The lowest BCUT2D eigenvalue weighted by molar-refractivity contribution is -0.156. The van der Waals surface area contributed by atoms with Crippen molar-refractivity contribution in [3.8, 4) is 0 Å². The molecule has 0 rings (SSSR count). The van der Waals surface area contributed by atoms with E-state index in [1.165, 1.54) is 0 Å². The molecule has 5 heteroatoms. The first kappa shape index (κ1) is 16.1. The molecule has 4 N–H and O–H groups in total. The van der Waals surface area contributed by atoms with Crippen LogP contribution in [0.4, 0.5) is 0 Å². The number of carbonyl (C=O) groups is 1. The molecule has 0 aliphatic heterocycles. The first-order valence-corrected chi connectivity index (χ1v) is 4.55. The van der Waals surface area contributed by atoms with E-state index in [2.05, 4.69) is 0 Å². The van der Waals surface area contributed by atoms with Gasteiger partial charge >= 0.3 is 5.97 Å². The van der Waals surface area contributed by atoms with Crippen LogP contribution in [0.15, 0.2) is 0 Å². The Morgan fingerprint density at radius 2 is 1.93 bits per heavy atom. The number of nitrogens with two attached hydrogens (primary N) is 2. The molecule has 0 saturated carbocycles. The summed E-state index contributed by atoms with van der Waals surface area (Å²) in [6.45, 7) is 6.01. The van der Waals surface area contributed by atoms with Gasteiger partial charge in [-0.15, -0.1) is 12.4 Å². The average molecular weight is 225 g/mol. The van der Waals surface area contributed by atoms with Gasteiger partial charge in [0.25, 0.3) is 0 Å². The van der Waals surface area contributed by atoms with Gasteiger partial charge in [-0.1, -0.05) is 0 Å². The topological polar surface area (TPSA) is 78.3 Å². The summed E-state index contributed by atoms with van der Waals surface area (Å²) in [6.07, 6.45) is 1.34. The summed E-state index contributed by atoms with van der Waals surface area (Å²) in [5.74, 6) is -0.346. The molecular formula is C9H21ClN2O2. The first-order valence-electron chi connectivity index (χ1n) is 4.55. The van der Waals surface area contributed by atoms with Crippen LogP contribution >= 0.6 is 12.4 Å². The number of esters is 1. The summed E-state index contributed by atoms with van der Waals surface area (Å²) in [5, 5.41) is 0. The number of ether oxygens (including phenoxy) is 1. The normalized spacial score (nSPS) is 12.9. The van der Waals surface area contributed by atoms with Crippen molar-refractivity contribution >= 4 is 18.4 Å². The third kappa shape index (κ3) is 8.29. The second kappa shape index (κ2) is 7.04. The van der Waals surface area contributed by atoms with E-state index in [1.54, 1.807) is 0 Å². The molecular weight excluding hydrogens is 204 g/mol. The summed E-state index contributed by atoms with van der Waals surface area (Å²) in [5.41, 5.74) is 10.4. The number of rotatable bonds is 4. The van der Waals surface area contributed by atoms with Crippen molar-refractivity contribution in [2.45, 2.75) is 45.3 Å². The highest BCUT2D eigenvalue weighted by Gasteiger charge is 2.21. The molecule has 4 nitrogen and oxygen atoms in total. The van der Waals surface area contributed by atoms with Crippen molar-refractivity contribution in [2.75, 3.05) is 6.54 Å². The third-order valence-corrected chi connectivity index (χ3v) is 1.43. The van der Waals surface area contributed by atoms with Crippen molar-refractivity contribution in [3.63, 3.8) is 0 Å². The molecule has 86 valence electrons. The van der Waals surface area contributed by atoms with Crippen molar-refractivity contribution in [1.82, 2.24) is 0 Å². The fourth-order valence-electron chi connectivity index (χ4n) is 0.833. The summed E-state index contributed by atoms with van der Waals surface area (Å²) in [6, 6.07) is -0.539. The van der Waals surface area contributed by atoms with Gasteiger partial charge in [0.15, 0.2) is 0 Å². The maximum Gasteiger partial charge on any atom is 0.323 e. The highest BCUT2D eigenvalue weighted by atomic mass is 35.5. The second-order valence-corrected chi connectivity index (χ2v) is 4.07. The van der Waals surface area contributed by atoms with E-state index in [1.807, 2.05) is 20.8 Å². The molecule has 0 heterocycles. The van der Waals surface area contributed by atoms with Gasteiger partial charge in [-0.05, 0) is 40.2 Å². The molecule has 0 aromatic rings. The average Bonchev–Trinajstić information content (AvgIpc) is 1.96. The zero-order valence-corrected chi connectivity index (χ0v) is 9.89. The maximum absolute atomic E-state index is 11.3. The minimum absolute atomic E-state index is 0. The van der Waals surface area contributed by atoms with Crippen LogP contribution < -0.4 is 11.5 Å². The van der Waals surface area contributed by atoms with Crippen LogP contribution in [0.1, 0.15) is 33.6 Å². The molecule has 0 saturated heterocycles. The van der Waals surface area contributed by atoms with Gasteiger partial charge in [-0.2, -0.15) is 0 Å². The van der Waals surface area contributed by atoms with Crippen LogP contribution in [-0.2, 0) is 9.53 Å². The number of carbonyl (C=O) groups excluding carboxylic acids is 1. The SMILES string of the molecule is CC(C)(C)OC(=O)[C@@H](N)CCCN.Cl. The van der Waals surface area contributed by atoms with Gasteiger partial charge in [0.1, 0.15) is 11.6 Å². The highest BCUT2D eigenvalue weighted by Crippen LogP contribution is 2.09. The first-order chi connectivity index (χ1) is 5.87. The molecule has 0 spiro atoms. The van der Waals surface area contributed by atoms with Crippen LogP contribution in [0.2, 0.25) is 0 Å². The van der Waals surface area contributed by atoms with Crippen LogP contribution in [0.3, 0.4) is 0 Å². The minimum atomic E-state index is -0.539. The van der Waals surface area contributed by atoms with Gasteiger partial charge in [0, 0.05) is 0 Å². The molecule has 0 aliphatic carbocycles. The van der Waals surface area contributed by atoms with Crippen LogP contribution in [0.25, 0.3) is 0 Å². The summed E-state index contributed by atoms with van der Waals surface area (Å²) < 4.78 is 5.09. The number of hydrogen-bond donors (Lipinski definition) is 2. The van der Waals surface area contributed by atoms with Crippen LogP contribution in [0, 0.1) is 0 Å². The van der Waals surface area contributed by atoms with Crippen LogP contribution in [0.5, 0.6) is 0 Å². The second-order valence-electron chi connectivity index (χ2n) is 4.07. The molecule has 0 fully saturated rings. The Kier molecular flexibility index (Phi) is 8.10. The third-order valence-electron chi connectivity index (χ3n) is 1.43. The molecule has 0 radical (unpaired) electrons. The van der Waals surface area contributed by atoms with E-state index in [4.69, 9.17) is 16.2 Å². The van der Waals surface area contributed by atoms with E-state index in [9.17, 15) is 4.79 Å². The molecule has 1 atom stereocenters. The zero-order chi connectivity index (χ0) is 10.5. The Labute approximate surface area is 91.8 Å². The van der Waals surface area contributed by atoms with Crippen molar-refractivity contribution in [1.29, 1.82) is 0 Å². The summed E-state index contributed by atoms with van der Waals surface area (Å²) in [4.78, 5) is 11.3. The minimum Gasteiger partial charge on any atom is -0.459 e. The van der Waals surface area contributed by atoms with Gasteiger partial charge in [-0.3, -0.25) is 4.79 Å². The van der Waals surface area contributed by atoms with E-state index in [0.29, 0.717) is 13.0 Å². The van der Waals surface area contributed by atoms with Crippen molar-refractivity contribution in [3.05, 3.63) is 0 Å². The lowest BCUT2D eigenvalue weighted by Crippen LogP contribution is -2.37. The van der Waals surface area contributed by atoms with E-state index in [0.717, 1.165) is 6.42 Å².